The summed E-state index contributed by atoms with van der Waals surface area (Å²) in [5.41, 5.74) is 0.599. The molecule has 2 saturated carbocycles. The van der Waals surface area contributed by atoms with Gasteiger partial charge < -0.3 is 10.0 Å². The molecule has 1 amide bonds. The number of carbonyl (C=O) groups is 2. The van der Waals surface area contributed by atoms with Crippen LogP contribution in [0.5, 0.6) is 0 Å². The minimum atomic E-state index is -3.46. The van der Waals surface area contributed by atoms with Crippen molar-refractivity contribution in [2.75, 3.05) is 13.6 Å². The first-order chi connectivity index (χ1) is 18.4. The Hall–Kier alpha value is -2.13. The predicted octanol–water partition coefficient (Wildman–Crippen LogP) is 5.73. The van der Waals surface area contributed by atoms with Gasteiger partial charge in [-0.2, -0.15) is 0 Å². The van der Waals surface area contributed by atoms with E-state index in [9.17, 15) is 23.1 Å². The van der Waals surface area contributed by atoms with Gasteiger partial charge in [0.25, 0.3) is 0 Å². The number of aliphatic carboxylic acids is 1. The first-order valence-electron chi connectivity index (χ1n) is 13.4. The highest BCUT2D eigenvalue weighted by Gasteiger charge is 2.55. The molecule has 1 unspecified atom stereocenters. The summed E-state index contributed by atoms with van der Waals surface area (Å²) in [5, 5.41) is 10.6. The van der Waals surface area contributed by atoms with Crippen LogP contribution in [0, 0.1) is 11.3 Å². The van der Waals surface area contributed by atoms with E-state index in [0.717, 1.165) is 24.0 Å². The Morgan fingerprint density at radius 2 is 1.74 bits per heavy atom. The van der Waals surface area contributed by atoms with Crippen molar-refractivity contribution in [2.45, 2.75) is 68.7 Å². The van der Waals surface area contributed by atoms with Crippen LogP contribution >= 0.6 is 23.2 Å². The number of amides is 1. The number of benzene rings is 2. The molecule has 4 atom stereocenters. The Balaban J connectivity index is 1.65. The molecule has 1 heterocycles. The van der Waals surface area contributed by atoms with Crippen LogP contribution < -0.4 is 0 Å². The second kappa shape index (κ2) is 10.7. The number of likely N-dealkylation sites (N-methyl/N-ethyl adjacent to an activating group) is 1. The number of carboxylic acid groups (broad SMARTS) is 1. The van der Waals surface area contributed by atoms with E-state index in [1.165, 1.54) is 4.31 Å². The lowest BCUT2D eigenvalue weighted by Crippen LogP contribution is -2.59. The number of hydrogen-bond donors (Lipinski definition) is 1. The van der Waals surface area contributed by atoms with Gasteiger partial charge in [0, 0.05) is 35.6 Å². The number of hydrogen-bond acceptors (Lipinski definition) is 4. The molecule has 2 aromatic rings. The lowest BCUT2D eigenvalue weighted by atomic mass is 9.67. The van der Waals surface area contributed by atoms with Gasteiger partial charge in [0.05, 0.1) is 23.1 Å². The van der Waals surface area contributed by atoms with Gasteiger partial charge in [-0.15, -0.1) is 0 Å². The zero-order valence-corrected chi connectivity index (χ0v) is 24.4. The Kier molecular flexibility index (Phi) is 7.79. The van der Waals surface area contributed by atoms with Crippen molar-refractivity contribution in [2.24, 2.45) is 11.3 Å². The fourth-order valence-electron chi connectivity index (χ4n) is 6.18. The average Bonchev–Trinajstić information content (AvgIpc) is 3.77. The summed E-state index contributed by atoms with van der Waals surface area (Å²) < 4.78 is 27.7. The summed E-state index contributed by atoms with van der Waals surface area (Å²) in [6, 6.07) is 14.0. The maximum absolute atomic E-state index is 14.5. The summed E-state index contributed by atoms with van der Waals surface area (Å²) in [6.07, 6.45) is 3.08. The van der Waals surface area contributed by atoms with E-state index in [1.54, 1.807) is 32.2 Å². The number of sulfonamides is 1. The zero-order valence-electron chi connectivity index (χ0n) is 22.1. The summed E-state index contributed by atoms with van der Waals surface area (Å²) >= 11 is 12.6. The maximum Gasteiger partial charge on any atom is 0.304 e. The molecule has 5 rings (SSSR count). The number of carbonyl (C=O) groups excluding carboxylic acids is 1. The Bertz CT molecular complexity index is 1360. The minimum Gasteiger partial charge on any atom is -0.481 e. The third-order valence-corrected chi connectivity index (χ3v) is 11.3. The zero-order chi connectivity index (χ0) is 28.1. The number of piperidine rings is 1. The molecule has 1 N–H and O–H groups in total. The third kappa shape index (κ3) is 5.85. The van der Waals surface area contributed by atoms with E-state index in [1.807, 2.05) is 35.2 Å². The maximum atomic E-state index is 14.5. The van der Waals surface area contributed by atoms with Gasteiger partial charge in [-0.1, -0.05) is 54.4 Å². The van der Waals surface area contributed by atoms with Crippen molar-refractivity contribution < 1.29 is 23.1 Å². The smallest absolute Gasteiger partial charge is 0.304 e. The summed E-state index contributed by atoms with van der Waals surface area (Å²) in [7, 11) is -1.87. The summed E-state index contributed by atoms with van der Waals surface area (Å²) in [4.78, 5) is 28.3. The molecule has 1 aliphatic heterocycles. The van der Waals surface area contributed by atoms with Gasteiger partial charge in [-0.25, -0.2) is 12.7 Å². The Morgan fingerprint density at radius 3 is 2.31 bits per heavy atom. The van der Waals surface area contributed by atoms with Gasteiger partial charge in [-0.3, -0.25) is 9.59 Å². The second-order valence-corrected chi connectivity index (χ2v) is 14.8. The van der Waals surface area contributed by atoms with E-state index in [0.29, 0.717) is 29.3 Å². The number of rotatable bonds is 10. The molecule has 2 aromatic carbocycles. The molecule has 10 heteroatoms. The van der Waals surface area contributed by atoms with Crippen LogP contribution in [-0.2, 0) is 19.6 Å². The fourth-order valence-corrected chi connectivity index (χ4v) is 8.10. The lowest BCUT2D eigenvalue weighted by Gasteiger charge is -2.52. The lowest BCUT2D eigenvalue weighted by molar-refractivity contribution is -0.161. The highest BCUT2D eigenvalue weighted by Crippen LogP contribution is 2.54. The number of likely N-dealkylation sites (tertiary alicyclic amines) is 1. The monoisotopic (exact) mass is 592 g/mol. The minimum absolute atomic E-state index is 0.132. The van der Waals surface area contributed by atoms with Gasteiger partial charge >= 0.3 is 5.97 Å². The van der Waals surface area contributed by atoms with Crippen molar-refractivity contribution in [3.05, 3.63) is 69.7 Å². The molecule has 39 heavy (non-hydrogen) atoms. The molecule has 210 valence electrons. The molecule has 0 bridgehead atoms. The summed E-state index contributed by atoms with van der Waals surface area (Å²) in [6.45, 7) is 1.89. The van der Waals surface area contributed by atoms with Crippen molar-refractivity contribution in [1.82, 2.24) is 9.21 Å². The molecule has 3 fully saturated rings. The molecule has 3 aliphatic rings. The van der Waals surface area contributed by atoms with Crippen molar-refractivity contribution >= 4 is 45.1 Å². The van der Waals surface area contributed by atoms with Crippen LogP contribution in [0.2, 0.25) is 10.0 Å². The number of nitrogens with zero attached hydrogens (tertiary/aromatic N) is 2. The van der Waals surface area contributed by atoms with Crippen LogP contribution in [0.25, 0.3) is 0 Å². The van der Waals surface area contributed by atoms with E-state index in [-0.39, 0.29) is 36.0 Å². The van der Waals surface area contributed by atoms with Gasteiger partial charge in [0.2, 0.25) is 15.9 Å². The molecule has 0 spiro atoms. The molecular formula is C29H34Cl2N2O5S. The molecule has 0 aromatic heterocycles. The number of halogens is 2. The predicted molar refractivity (Wildman–Crippen MR) is 151 cm³/mol. The number of carboxylic acids is 1. The topological polar surface area (TPSA) is 95.0 Å². The highest BCUT2D eigenvalue weighted by molar-refractivity contribution is 7.90. The van der Waals surface area contributed by atoms with Gasteiger partial charge in [0.1, 0.15) is 0 Å². The Labute approximate surface area is 240 Å². The molecule has 7 nitrogen and oxygen atoms in total. The van der Waals surface area contributed by atoms with Crippen molar-refractivity contribution in [3.63, 3.8) is 0 Å². The first kappa shape index (κ1) is 28.4. The van der Waals surface area contributed by atoms with Gasteiger partial charge in [0.15, 0.2) is 0 Å². The highest BCUT2D eigenvalue weighted by atomic mass is 35.5. The average molecular weight is 594 g/mol. The normalized spacial score (nSPS) is 26.6. The molecular weight excluding hydrogens is 559 g/mol. The van der Waals surface area contributed by atoms with Crippen LogP contribution in [0.3, 0.4) is 0 Å². The van der Waals surface area contributed by atoms with Gasteiger partial charge in [-0.05, 0) is 73.4 Å². The molecule has 1 saturated heterocycles. The standard InChI is InChI=1S/C29H34Cl2N2O5S/c1-29(16-26(34)35)15-24(20-4-3-5-22(31)14-20)27(19-8-10-21(30)11-9-19)33(28(29)36)25(18-6-7-18)17-32(2)39(37,38)23-12-13-23/h3-5,8-11,14,18,23-25,27H,6-7,12-13,15-17H2,1-2H3,(H,34,35)/t24-,25-,27?,29-/m1/s1. The Morgan fingerprint density at radius 1 is 1.08 bits per heavy atom. The SMILES string of the molecule is CN(C[C@H](C1CC1)N1C(=O)[C@@](C)(CC(=O)O)C[C@H](c2cccc(Cl)c2)C1c1ccc(Cl)cc1)S(=O)(=O)C1CC1. The fraction of sp³-hybridized carbons (Fsp3) is 0.517. The first-order valence-corrected chi connectivity index (χ1v) is 15.7. The van der Waals surface area contributed by atoms with E-state index >= 15 is 0 Å². The van der Waals surface area contributed by atoms with E-state index in [4.69, 9.17) is 23.2 Å². The summed E-state index contributed by atoms with van der Waals surface area (Å²) in [5.74, 6) is -1.43. The van der Waals surface area contributed by atoms with Crippen LogP contribution in [-0.4, -0.2) is 59.5 Å². The largest absolute Gasteiger partial charge is 0.481 e. The van der Waals surface area contributed by atoms with Crippen LogP contribution in [0.1, 0.15) is 68.5 Å². The third-order valence-electron chi connectivity index (χ3n) is 8.48. The van der Waals surface area contributed by atoms with Crippen LogP contribution in [0.15, 0.2) is 48.5 Å². The quantitative estimate of drug-likeness (QED) is 0.380. The van der Waals surface area contributed by atoms with Crippen LogP contribution in [0.4, 0.5) is 0 Å². The van der Waals surface area contributed by atoms with Crippen molar-refractivity contribution in [1.29, 1.82) is 0 Å². The molecule has 2 aliphatic carbocycles. The second-order valence-electron chi connectivity index (χ2n) is 11.6. The molecule has 0 radical (unpaired) electrons. The van der Waals surface area contributed by atoms with E-state index in [2.05, 4.69) is 0 Å². The van der Waals surface area contributed by atoms with Crippen molar-refractivity contribution in [3.8, 4) is 0 Å². The van der Waals surface area contributed by atoms with E-state index < -0.39 is 33.5 Å².